The summed E-state index contributed by atoms with van der Waals surface area (Å²) in [6.45, 7) is 0.832. The van der Waals surface area contributed by atoms with E-state index in [9.17, 15) is 24.0 Å². The van der Waals surface area contributed by atoms with Crippen LogP contribution in [0, 0.1) is 11.8 Å². The smallest absolute Gasteiger partial charge is 0.337 e. The zero-order valence-corrected chi connectivity index (χ0v) is 16.6. The van der Waals surface area contributed by atoms with E-state index in [2.05, 4.69) is 10.1 Å². The predicted octanol–water partition coefficient (Wildman–Crippen LogP) is 1.29. The largest absolute Gasteiger partial charge is 0.465 e. The molecule has 1 saturated heterocycles. The van der Waals surface area contributed by atoms with E-state index < -0.39 is 42.3 Å². The normalized spacial score (nSPS) is 21.1. The van der Waals surface area contributed by atoms with E-state index in [-0.39, 0.29) is 11.8 Å². The predicted molar refractivity (Wildman–Crippen MR) is 104 cm³/mol. The van der Waals surface area contributed by atoms with Crippen LogP contribution in [-0.4, -0.2) is 54.3 Å². The fourth-order valence-electron chi connectivity index (χ4n) is 3.57. The number of esters is 2. The Bertz CT molecular complexity index is 880. The number of benzene rings is 1. The van der Waals surface area contributed by atoms with Crippen molar-refractivity contribution < 1.29 is 33.4 Å². The van der Waals surface area contributed by atoms with Crippen molar-refractivity contribution in [1.29, 1.82) is 0 Å². The van der Waals surface area contributed by atoms with Crippen LogP contribution < -0.4 is 5.32 Å². The Morgan fingerprint density at radius 2 is 1.63 bits per heavy atom. The molecule has 3 rings (SSSR count). The van der Waals surface area contributed by atoms with Crippen molar-refractivity contribution in [1.82, 2.24) is 4.90 Å². The SMILES string of the molecule is COC(=O)c1ccc(NC(=O)COC(=O)[C@H](C)N2C(=O)[C@H]3CC=CC[C@@H]3C2=O)cc1. The number of carbonyl (C=O) groups is 5. The fourth-order valence-corrected chi connectivity index (χ4v) is 3.57. The van der Waals surface area contributed by atoms with Crippen LogP contribution in [0.5, 0.6) is 0 Å². The highest BCUT2D eigenvalue weighted by Gasteiger charge is 2.50. The molecule has 0 spiro atoms. The van der Waals surface area contributed by atoms with Crippen molar-refractivity contribution in [2.75, 3.05) is 19.0 Å². The molecule has 9 heteroatoms. The van der Waals surface area contributed by atoms with Gasteiger partial charge in [0.25, 0.3) is 5.91 Å². The monoisotopic (exact) mass is 414 g/mol. The Hall–Kier alpha value is -3.49. The molecule has 1 aliphatic carbocycles. The Kier molecular flexibility index (Phi) is 6.29. The lowest BCUT2D eigenvalue weighted by Gasteiger charge is -2.21. The lowest BCUT2D eigenvalue weighted by molar-refractivity contribution is -0.159. The van der Waals surface area contributed by atoms with Crippen LogP contribution in [0.2, 0.25) is 0 Å². The molecular formula is C21H22N2O7. The van der Waals surface area contributed by atoms with Crippen molar-refractivity contribution in [3.63, 3.8) is 0 Å². The summed E-state index contributed by atoms with van der Waals surface area (Å²) in [5.41, 5.74) is 0.727. The summed E-state index contributed by atoms with van der Waals surface area (Å²) in [7, 11) is 1.27. The minimum atomic E-state index is -1.11. The van der Waals surface area contributed by atoms with Gasteiger partial charge in [0.2, 0.25) is 11.8 Å². The van der Waals surface area contributed by atoms with E-state index in [1.54, 1.807) is 0 Å². The number of hydrogen-bond acceptors (Lipinski definition) is 7. The summed E-state index contributed by atoms with van der Waals surface area (Å²) in [6.07, 6.45) is 4.68. The molecule has 1 N–H and O–H groups in total. The zero-order valence-electron chi connectivity index (χ0n) is 16.6. The number of nitrogens with one attached hydrogen (secondary N) is 1. The first-order valence-electron chi connectivity index (χ1n) is 9.50. The maximum absolute atomic E-state index is 12.5. The zero-order chi connectivity index (χ0) is 21.8. The number of rotatable bonds is 6. The lowest BCUT2D eigenvalue weighted by Crippen LogP contribution is -2.45. The molecule has 1 aliphatic heterocycles. The van der Waals surface area contributed by atoms with Gasteiger partial charge in [0.1, 0.15) is 6.04 Å². The molecule has 1 aromatic rings. The van der Waals surface area contributed by atoms with Gasteiger partial charge in [0, 0.05) is 5.69 Å². The van der Waals surface area contributed by atoms with Gasteiger partial charge in [-0.1, -0.05) is 12.2 Å². The molecule has 2 aliphatic rings. The maximum atomic E-state index is 12.5. The average molecular weight is 414 g/mol. The lowest BCUT2D eigenvalue weighted by atomic mass is 9.85. The number of fused-ring (bicyclic) bond motifs is 1. The second-order valence-corrected chi connectivity index (χ2v) is 7.10. The number of allylic oxidation sites excluding steroid dienone is 2. The number of methoxy groups -OCH3 is 1. The number of anilines is 1. The highest BCUT2D eigenvalue weighted by molar-refractivity contribution is 6.08. The van der Waals surface area contributed by atoms with Gasteiger partial charge >= 0.3 is 11.9 Å². The third kappa shape index (κ3) is 4.24. The Balaban J connectivity index is 1.52. The van der Waals surface area contributed by atoms with Crippen LogP contribution in [-0.2, 0) is 28.7 Å². The van der Waals surface area contributed by atoms with Crippen LogP contribution >= 0.6 is 0 Å². The first kappa shape index (κ1) is 21.2. The van der Waals surface area contributed by atoms with E-state index in [1.165, 1.54) is 38.3 Å². The number of likely N-dealkylation sites (tertiary alicyclic amines) is 1. The topological polar surface area (TPSA) is 119 Å². The molecule has 30 heavy (non-hydrogen) atoms. The van der Waals surface area contributed by atoms with Crippen LogP contribution in [0.4, 0.5) is 5.69 Å². The van der Waals surface area contributed by atoms with Crippen LogP contribution in [0.1, 0.15) is 30.1 Å². The number of hydrogen-bond donors (Lipinski definition) is 1. The van der Waals surface area contributed by atoms with Gasteiger partial charge in [-0.25, -0.2) is 9.59 Å². The summed E-state index contributed by atoms with van der Waals surface area (Å²) < 4.78 is 9.59. The number of ether oxygens (including phenoxy) is 2. The second-order valence-electron chi connectivity index (χ2n) is 7.10. The van der Waals surface area contributed by atoms with E-state index in [4.69, 9.17) is 4.74 Å². The van der Waals surface area contributed by atoms with Crippen molar-refractivity contribution in [3.8, 4) is 0 Å². The summed E-state index contributed by atoms with van der Waals surface area (Å²) in [5, 5.41) is 2.52. The number of imide groups is 1. The summed E-state index contributed by atoms with van der Waals surface area (Å²) in [4.78, 5) is 61.8. The highest BCUT2D eigenvalue weighted by atomic mass is 16.5. The van der Waals surface area contributed by atoms with E-state index in [0.29, 0.717) is 24.1 Å². The van der Waals surface area contributed by atoms with Gasteiger partial charge in [-0.2, -0.15) is 0 Å². The van der Waals surface area contributed by atoms with Gasteiger partial charge in [-0.15, -0.1) is 0 Å². The highest BCUT2D eigenvalue weighted by Crippen LogP contribution is 2.36. The second kappa shape index (κ2) is 8.89. The molecule has 0 unspecified atom stereocenters. The Morgan fingerprint density at radius 3 is 2.17 bits per heavy atom. The third-order valence-corrected chi connectivity index (χ3v) is 5.21. The van der Waals surface area contributed by atoms with E-state index >= 15 is 0 Å². The van der Waals surface area contributed by atoms with E-state index in [0.717, 1.165) is 4.90 Å². The van der Waals surface area contributed by atoms with Gasteiger partial charge < -0.3 is 14.8 Å². The quantitative estimate of drug-likeness (QED) is 0.423. The molecule has 9 nitrogen and oxygen atoms in total. The minimum absolute atomic E-state index is 0.325. The first-order valence-corrected chi connectivity index (χ1v) is 9.50. The van der Waals surface area contributed by atoms with Gasteiger partial charge in [0.15, 0.2) is 6.61 Å². The van der Waals surface area contributed by atoms with Crippen molar-refractivity contribution in [2.45, 2.75) is 25.8 Å². The molecule has 0 aromatic heterocycles. The average Bonchev–Trinajstić information content (AvgIpc) is 3.02. The summed E-state index contributed by atoms with van der Waals surface area (Å²) in [6, 6.07) is 4.86. The van der Waals surface area contributed by atoms with Crippen LogP contribution in [0.15, 0.2) is 36.4 Å². The maximum Gasteiger partial charge on any atom is 0.337 e. The molecule has 0 saturated carbocycles. The molecule has 3 atom stereocenters. The molecule has 0 bridgehead atoms. The third-order valence-electron chi connectivity index (χ3n) is 5.21. The van der Waals surface area contributed by atoms with Gasteiger partial charge in [-0.05, 0) is 44.0 Å². The molecule has 3 amide bonds. The number of carbonyl (C=O) groups excluding carboxylic acids is 5. The van der Waals surface area contributed by atoms with E-state index in [1.807, 2.05) is 12.2 Å². The molecule has 158 valence electrons. The summed E-state index contributed by atoms with van der Waals surface area (Å²) >= 11 is 0. The standard InChI is InChI=1S/C21H22N2O7/c1-12(23-18(25)15-5-3-4-6-16(15)19(23)26)20(27)30-11-17(24)22-14-9-7-13(8-10-14)21(28)29-2/h3-4,7-10,12,15-16H,5-6,11H2,1-2H3,(H,22,24)/t12-,15-,16-/m0/s1. The van der Waals surface area contributed by atoms with Crippen molar-refractivity contribution >= 4 is 35.3 Å². The van der Waals surface area contributed by atoms with Gasteiger partial charge in [0.05, 0.1) is 24.5 Å². The molecule has 1 aromatic carbocycles. The fraction of sp³-hybridized carbons (Fsp3) is 0.381. The summed E-state index contributed by atoms with van der Waals surface area (Å²) in [5.74, 6) is -3.57. The number of amides is 3. The Morgan fingerprint density at radius 1 is 1.07 bits per heavy atom. The van der Waals surface area contributed by atoms with Crippen molar-refractivity contribution in [3.05, 3.63) is 42.0 Å². The molecule has 1 fully saturated rings. The minimum Gasteiger partial charge on any atom is -0.465 e. The number of nitrogens with zero attached hydrogens (tertiary/aromatic N) is 1. The van der Waals surface area contributed by atoms with Crippen molar-refractivity contribution in [2.24, 2.45) is 11.8 Å². The molecule has 1 heterocycles. The first-order chi connectivity index (χ1) is 14.3. The van der Waals surface area contributed by atoms with Gasteiger partial charge in [-0.3, -0.25) is 19.3 Å². The Labute approximate surface area is 173 Å². The molecule has 0 radical (unpaired) electrons. The van der Waals surface area contributed by atoms with Crippen LogP contribution in [0.3, 0.4) is 0 Å². The van der Waals surface area contributed by atoms with Crippen LogP contribution in [0.25, 0.3) is 0 Å². The molecular weight excluding hydrogens is 392 g/mol.